The molecule has 0 radical (unpaired) electrons. The van der Waals surface area contributed by atoms with E-state index in [0.717, 1.165) is 6.07 Å². The molecule has 1 N–H and O–H groups in total. The Kier molecular flexibility index (Phi) is 3.13. The van der Waals surface area contributed by atoms with Crippen molar-refractivity contribution in [3.8, 4) is 0 Å². The van der Waals surface area contributed by atoms with Crippen LogP contribution < -0.4 is 4.72 Å². The van der Waals surface area contributed by atoms with Gasteiger partial charge in [0.25, 0.3) is 10.0 Å². The summed E-state index contributed by atoms with van der Waals surface area (Å²) in [5, 5.41) is 0. The third-order valence-corrected chi connectivity index (χ3v) is 4.47. The van der Waals surface area contributed by atoms with Crippen LogP contribution in [0, 0.1) is 12.7 Å². The summed E-state index contributed by atoms with van der Waals surface area (Å²) >= 11 is 0. The van der Waals surface area contributed by atoms with Crippen LogP contribution in [0.3, 0.4) is 0 Å². The van der Waals surface area contributed by atoms with E-state index in [1.54, 1.807) is 35.1 Å². The standard InChI is InChI=1S/C14H12FN3O2S/c1-10-9-11(4-5-12(10)15)21(19,20)17-13-3-2-7-18-8-6-16-14(13)18/h2-9,17H,1H3. The molecule has 7 heteroatoms. The monoisotopic (exact) mass is 305 g/mol. The molecule has 0 spiro atoms. The van der Waals surface area contributed by atoms with Crippen molar-refractivity contribution in [2.24, 2.45) is 0 Å². The van der Waals surface area contributed by atoms with Crippen LogP contribution in [-0.2, 0) is 10.0 Å². The van der Waals surface area contributed by atoms with E-state index in [1.165, 1.54) is 19.1 Å². The Morgan fingerprint density at radius 1 is 1.24 bits per heavy atom. The number of halogens is 1. The van der Waals surface area contributed by atoms with Crippen molar-refractivity contribution in [1.29, 1.82) is 0 Å². The number of pyridine rings is 1. The van der Waals surface area contributed by atoms with Gasteiger partial charge >= 0.3 is 0 Å². The highest BCUT2D eigenvalue weighted by molar-refractivity contribution is 7.92. The largest absolute Gasteiger partial charge is 0.305 e. The maximum atomic E-state index is 13.3. The summed E-state index contributed by atoms with van der Waals surface area (Å²) in [5.41, 5.74) is 1.14. The van der Waals surface area contributed by atoms with E-state index in [4.69, 9.17) is 0 Å². The molecular weight excluding hydrogens is 293 g/mol. The first kappa shape index (κ1) is 13.6. The van der Waals surface area contributed by atoms with E-state index < -0.39 is 15.8 Å². The summed E-state index contributed by atoms with van der Waals surface area (Å²) < 4.78 is 42.2. The number of hydrogen-bond donors (Lipinski definition) is 1. The first-order valence-electron chi connectivity index (χ1n) is 6.18. The summed E-state index contributed by atoms with van der Waals surface area (Å²) in [6, 6.07) is 7.00. The lowest BCUT2D eigenvalue weighted by molar-refractivity contribution is 0.598. The molecule has 0 bridgehead atoms. The Balaban J connectivity index is 2.03. The minimum absolute atomic E-state index is 0.00922. The summed E-state index contributed by atoms with van der Waals surface area (Å²) in [6.45, 7) is 1.52. The van der Waals surface area contributed by atoms with Crippen molar-refractivity contribution in [3.05, 3.63) is 60.3 Å². The molecule has 0 amide bonds. The molecule has 0 atom stereocenters. The molecule has 2 aromatic heterocycles. The number of aryl methyl sites for hydroxylation is 1. The summed E-state index contributed by atoms with van der Waals surface area (Å²) in [4.78, 5) is 4.11. The van der Waals surface area contributed by atoms with Crippen molar-refractivity contribution in [1.82, 2.24) is 9.38 Å². The maximum Gasteiger partial charge on any atom is 0.262 e. The van der Waals surface area contributed by atoms with Crippen LogP contribution in [0.2, 0.25) is 0 Å². The van der Waals surface area contributed by atoms with E-state index in [2.05, 4.69) is 9.71 Å². The van der Waals surface area contributed by atoms with Crippen molar-refractivity contribution in [3.63, 3.8) is 0 Å². The van der Waals surface area contributed by atoms with Gasteiger partial charge in [-0.3, -0.25) is 4.72 Å². The molecule has 1 aromatic carbocycles. The van der Waals surface area contributed by atoms with Crippen LogP contribution in [0.1, 0.15) is 5.56 Å². The highest BCUT2D eigenvalue weighted by atomic mass is 32.2. The van der Waals surface area contributed by atoms with Crippen LogP contribution in [0.4, 0.5) is 10.1 Å². The van der Waals surface area contributed by atoms with Crippen molar-refractivity contribution < 1.29 is 12.8 Å². The van der Waals surface area contributed by atoms with Gasteiger partial charge in [-0.2, -0.15) is 0 Å². The number of nitrogens with zero attached hydrogens (tertiary/aromatic N) is 2. The fourth-order valence-electron chi connectivity index (χ4n) is 2.02. The average Bonchev–Trinajstić information content (AvgIpc) is 2.91. The predicted molar refractivity (Wildman–Crippen MR) is 77.1 cm³/mol. The Labute approximate surface area is 121 Å². The number of benzene rings is 1. The van der Waals surface area contributed by atoms with E-state index in [1.807, 2.05) is 0 Å². The van der Waals surface area contributed by atoms with Crippen LogP contribution in [0.5, 0.6) is 0 Å². The predicted octanol–water partition coefficient (Wildman–Crippen LogP) is 2.58. The van der Waals surface area contributed by atoms with Gasteiger partial charge in [0.1, 0.15) is 5.82 Å². The normalized spacial score (nSPS) is 11.7. The second-order valence-corrected chi connectivity index (χ2v) is 6.28. The number of sulfonamides is 1. The number of rotatable bonds is 3. The molecule has 0 aliphatic heterocycles. The van der Waals surface area contributed by atoms with Gasteiger partial charge in [0.2, 0.25) is 0 Å². The van der Waals surface area contributed by atoms with Gasteiger partial charge in [0, 0.05) is 18.6 Å². The van der Waals surface area contributed by atoms with Gasteiger partial charge in [0.05, 0.1) is 10.6 Å². The maximum absolute atomic E-state index is 13.3. The number of aromatic nitrogens is 2. The number of nitrogens with one attached hydrogen (secondary N) is 1. The molecule has 0 saturated heterocycles. The highest BCUT2D eigenvalue weighted by Gasteiger charge is 2.17. The smallest absolute Gasteiger partial charge is 0.262 e. The first-order valence-corrected chi connectivity index (χ1v) is 7.66. The van der Waals surface area contributed by atoms with E-state index >= 15 is 0 Å². The molecule has 0 aliphatic rings. The van der Waals surface area contributed by atoms with Gasteiger partial charge < -0.3 is 4.40 Å². The zero-order valence-electron chi connectivity index (χ0n) is 11.1. The lowest BCUT2D eigenvalue weighted by Gasteiger charge is -2.09. The second kappa shape index (κ2) is 4.85. The third-order valence-electron chi connectivity index (χ3n) is 3.10. The zero-order chi connectivity index (χ0) is 15.0. The minimum Gasteiger partial charge on any atom is -0.305 e. The molecule has 0 fully saturated rings. The molecule has 3 aromatic rings. The van der Waals surface area contributed by atoms with Gasteiger partial charge in [0.15, 0.2) is 5.65 Å². The Morgan fingerprint density at radius 2 is 2.05 bits per heavy atom. The quantitative estimate of drug-likeness (QED) is 0.809. The van der Waals surface area contributed by atoms with E-state index in [-0.39, 0.29) is 10.5 Å². The molecule has 2 heterocycles. The third kappa shape index (κ3) is 2.47. The fourth-order valence-corrected chi connectivity index (χ4v) is 3.16. The average molecular weight is 305 g/mol. The summed E-state index contributed by atoms with van der Waals surface area (Å²) in [6.07, 6.45) is 5.06. The molecular formula is C14H12FN3O2S. The summed E-state index contributed by atoms with van der Waals surface area (Å²) in [7, 11) is -3.79. The zero-order valence-corrected chi connectivity index (χ0v) is 11.9. The number of hydrogen-bond acceptors (Lipinski definition) is 3. The molecule has 0 saturated carbocycles. The number of fused-ring (bicyclic) bond motifs is 1. The molecule has 0 aliphatic carbocycles. The Bertz CT molecular complexity index is 919. The van der Waals surface area contributed by atoms with Crippen LogP contribution in [-0.4, -0.2) is 17.8 Å². The van der Waals surface area contributed by atoms with Gasteiger partial charge in [-0.15, -0.1) is 0 Å². The van der Waals surface area contributed by atoms with Gasteiger partial charge in [-0.1, -0.05) is 0 Å². The fraction of sp³-hybridized carbons (Fsp3) is 0.0714. The number of imidazole rings is 1. The lowest BCUT2D eigenvalue weighted by Crippen LogP contribution is -2.14. The van der Waals surface area contributed by atoms with E-state index in [0.29, 0.717) is 11.3 Å². The lowest BCUT2D eigenvalue weighted by atomic mass is 10.2. The minimum atomic E-state index is -3.79. The number of anilines is 1. The van der Waals surface area contributed by atoms with Crippen molar-refractivity contribution in [2.75, 3.05) is 4.72 Å². The highest BCUT2D eigenvalue weighted by Crippen LogP contribution is 2.21. The van der Waals surface area contributed by atoms with Gasteiger partial charge in [-0.25, -0.2) is 17.8 Å². The van der Waals surface area contributed by atoms with Gasteiger partial charge in [-0.05, 0) is 42.8 Å². The van der Waals surface area contributed by atoms with Crippen LogP contribution in [0.25, 0.3) is 5.65 Å². The molecule has 3 rings (SSSR count). The van der Waals surface area contributed by atoms with Crippen molar-refractivity contribution in [2.45, 2.75) is 11.8 Å². The SMILES string of the molecule is Cc1cc(S(=O)(=O)Nc2cccn3ccnc23)ccc1F. The van der Waals surface area contributed by atoms with Crippen molar-refractivity contribution >= 4 is 21.4 Å². The Hall–Kier alpha value is -2.41. The Morgan fingerprint density at radius 3 is 2.81 bits per heavy atom. The molecule has 5 nitrogen and oxygen atoms in total. The van der Waals surface area contributed by atoms with Crippen LogP contribution in [0.15, 0.2) is 53.8 Å². The molecule has 108 valence electrons. The van der Waals surface area contributed by atoms with Crippen LogP contribution >= 0.6 is 0 Å². The molecule has 0 unspecified atom stereocenters. The van der Waals surface area contributed by atoms with E-state index in [9.17, 15) is 12.8 Å². The molecule has 21 heavy (non-hydrogen) atoms. The first-order chi connectivity index (χ1) is 9.97. The summed E-state index contributed by atoms with van der Waals surface area (Å²) in [5.74, 6) is -0.440. The second-order valence-electron chi connectivity index (χ2n) is 4.60. The topological polar surface area (TPSA) is 63.5 Å².